The van der Waals surface area contributed by atoms with Crippen LogP contribution in [0.25, 0.3) is 0 Å². The second-order valence-electron chi connectivity index (χ2n) is 18.1. The van der Waals surface area contributed by atoms with Crippen molar-refractivity contribution in [2.45, 2.75) is 84.4 Å². The van der Waals surface area contributed by atoms with Crippen molar-refractivity contribution in [3.63, 3.8) is 0 Å². The Hall–Kier alpha value is -2.72. The number of nitrogens with zero attached hydrogens (tertiary/aromatic N) is 2. The van der Waals surface area contributed by atoms with E-state index in [-0.39, 0.29) is 11.8 Å². The van der Waals surface area contributed by atoms with Crippen LogP contribution in [0, 0.1) is 0 Å². The van der Waals surface area contributed by atoms with Crippen molar-refractivity contribution in [3.8, 4) is 11.5 Å². The first-order valence-electron chi connectivity index (χ1n) is 24.4. The molecule has 0 saturated heterocycles. The van der Waals surface area contributed by atoms with Crippen LogP contribution < -0.4 is 13.1 Å². The van der Waals surface area contributed by atoms with Crippen molar-refractivity contribution in [2.75, 3.05) is 53.5 Å². The molecule has 0 radical (unpaired) electrons. The molecule has 6 rings (SSSR count). The predicted molar refractivity (Wildman–Crippen MR) is 301 cm³/mol. The van der Waals surface area contributed by atoms with Gasteiger partial charge in [0.1, 0.15) is 12.4 Å². The van der Waals surface area contributed by atoms with Crippen LogP contribution in [0.3, 0.4) is 0 Å². The molecule has 0 atom stereocenters. The van der Waals surface area contributed by atoms with Gasteiger partial charge in [-0.1, -0.05) is 86.6 Å². The zero-order valence-corrected chi connectivity index (χ0v) is 48.2. The average Bonchev–Trinajstić information content (AvgIpc) is 3.35. The van der Waals surface area contributed by atoms with E-state index in [1.165, 1.54) is 74.1 Å². The number of rotatable bonds is 26. The maximum absolute atomic E-state index is 6.26. The minimum atomic E-state index is -2.39. The first-order chi connectivity index (χ1) is 32.9. The standard InChI is InChI=1S/C23H22BrCl2NO.C23H22Cl2NO.3C4H9.Sn/c1-27(14-15-28-22-12-6-19(24)7-13-22)16-23(17-2-8-20(25)9-3-17)18-4-10-21(26)11-5-18;1-26(15-16-27-22-5-3-2-4-6-22)17-23(18-7-11-20(24)12-8-18)19-9-13-21(25)14-10-19;3*1-3-4-2;/h2-13,23H,14-16H2,1H3;3-14,23H,15-17H2,1H3;3*1,3-4H2,2H3;. The van der Waals surface area contributed by atoms with Crippen molar-refractivity contribution in [3.05, 3.63) is 192 Å². The van der Waals surface area contributed by atoms with Crippen molar-refractivity contribution in [1.29, 1.82) is 0 Å². The molecule has 0 aromatic heterocycles. The smallest absolute Gasteiger partial charge is 0.119 e. The SMILES string of the molecule is CCC[CH2][Sn]([CH2]CCC)([CH2]CCC)[c]1ccc(OCCN(C)CC(c2ccc(Cl)cc2)c2ccc(Cl)cc2)cc1.CN(CCOc1ccc(Br)cc1)CC(c1ccc(Cl)cc1)c1ccc(Cl)cc1. The van der Waals surface area contributed by atoms with E-state index in [0.29, 0.717) is 13.2 Å². The maximum Gasteiger partial charge on any atom is 0.119 e. The molecule has 364 valence electrons. The second-order valence-corrected chi connectivity index (χ2v) is 34.0. The average molecular weight is 1170 g/mol. The summed E-state index contributed by atoms with van der Waals surface area (Å²) in [6.07, 6.45) is 8.09. The van der Waals surface area contributed by atoms with E-state index in [1.807, 2.05) is 72.8 Å². The van der Waals surface area contributed by atoms with Gasteiger partial charge in [-0.25, -0.2) is 0 Å². The zero-order chi connectivity index (χ0) is 48.7. The summed E-state index contributed by atoms with van der Waals surface area (Å²) < 4.78 is 19.4. The Morgan fingerprint density at radius 3 is 1.03 bits per heavy atom. The van der Waals surface area contributed by atoms with Gasteiger partial charge in [0.25, 0.3) is 0 Å². The number of benzene rings is 6. The largest absolute Gasteiger partial charge is 0.492 e. The van der Waals surface area contributed by atoms with Gasteiger partial charge < -0.3 is 9.64 Å². The van der Waals surface area contributed by atoms with Gasteiger partial charge >= 0.3 is 202 Å². The van der Waals surface area contributed by atoms with Crippen molar-refractivity contribution >= 4 is 84.3 Å². The molecule has 0 aliphatic heterocycles. The molecule has 6 aromatic carbocycles. The van der Waals surface area contributed by atoms with Gasteiger partial charge in [0.2, 0.25) is 0 Å². The van der Waals surface area contributed by atoms with Gasteiger partial charge in [-0.15, -0.1) is 0 Å². The third kappa shape index (κ3) is 18.8. The molecule has 0 aliphatic carbocycles. The van der Waals surface area contributed by atoms with Crippen LogP contribution in [-0.4, -0.2) is 81.7 Å². The van der Waals surface area contributed by atoms with E-state index in [2.05, 4.69) is 133 Å². The van der Waals surface area contributed by atoms with E-state index < -0.39 is 18.4 Å². The van der Waals surface area contributed by atoms with E-state index >= 15 is 0 Å². The molecule has 0 spiro atoms. The molecule has 0 heterocycles. The molecule has 10 heteroatoms. The van der Waals surface area contributed by atoms with Gasteiger partial charge in [-0.05, 0) is 91.0 Å². The zero-order valence-electron chi connectivity index (χ0n) is 40.7. The van der Waals surface area contributed by atoms with Gasteiger partial charge in [-0.2, -0.15) is 0 Å². The van der Waals surface area contributed by atoms with Crippen LogP contribution in [0.1, 0.15) is 93.4 Å². The molecular weight excluding hydrogens is 1100 g/mol. The van der Waals surface area contributed by atoms with Crippen LogP contribution in [0.5, 0.6) is 11.5 Å². The Bertz CT molecular complexity index is 2190. The van der Waals surface area contributed by atoms with Gasteiger partial charge in [0, 0.05) is 43.6 Å². The monoisotopic (exact) mass is 1170 g/mol. The number of halogens is 5. The quantitative estimate of drug-likeness (QED) is 0.0505. The molecule has 68 heavy (non-hydrogen) atoms. The van der Waals surface area contributed by atoms with Crippen LogP contribution in [0.4, 0.5) is 0 Å². The summed E-state index contributed by atoms with van der Waals surface area (Å²) in [6.45, 7) is 11.8. The Balaban J connectivity index is 0.000000270. The number of likely N-dealkylation sites (N-methyl/N-ethyl adjacent to an activating group) is 2. The second kappa shape index (κ2) is 30.2. The molecule has 0 bridgehead atoms. The minimum Gasteiger partial charge on any atom is -0.492 e. The topological polar surface area (TPSA) is 24.9 Å². The molecule has 0 amide bonds. The van der Waals surface area contributed by atoms with Crippen LogP contribution in [0.2, 0.25) is 33.4 Å². The van der Waals surface area contributed by atoms with Gasteiger partial charge in [0.05, 0.1) is 0 Å². The molecule has 0 fully saturated rings. The molecule has 0 saturated carbocycles. The fourth-order valence-electron chi connectivity index (χ4n) is 8.82. The first-order valence-corrected chi connectivity index (χ1v) is 34.2. The molecular formula is C58H71BrCl4N2O2Sn. The Labute approximate surface area is 441 Å². The predicted octanol–water partition coefficient (Wildman–Crippen LogP) is 17.1. The number of unbranched alkanes of at least 4 members (excludes halogenated alkanes) is 3. The van der Waals surface area contributed by atoms with Crippen LogP contribution >= 0.6 is 62.3 Å². The summed E-state index contributed by atoms with van der Waals surface area (Å²) in [6, 6.07) is 49.8. The maximum atomic E-state index is 6.26. The van der Waals surface area contributed by atoms with Crippen LogP contribution in [-0.2, 0) is 0 Å². The third-order valence-corrected chi connectivity index (χ3v) is 30.1. The molecule has 4 nitrogen and oxygen atoms in total. The molecule has 0 N–H and O–H groups in total. The Morgan fingerprint density at radius 1 is 0.441 bits per heavy atom. The Morgan fingerprint density at radius 2 is 0.735 bits per heavy atom. The Kier molecular flexibility index (Phi) is 25.0. The summed E-state index contributed by atoms with van der Waals surface area (Å²) in [5, 5.41) is 3.01. The van der Waals surface area contributed by atoms with E-state index in [0.717, 1.165) is 62.2 Å². The first kappa shape index (κ1) is 56.2. The normalized spacial score (nSPS) is 11.6. The molecule has 0 aliphatic rings. The summed E-state index contributed by atoms with van der Waals surface area (Å²) in [4.78, 5) is 4.64. The van der Waals surface area contributed by atoms with Gasteiger partial charge in [0.15, 0.2) is 0 Å². The van der Waals surface area contributed by atoms with Crippen molar-refractivity contribution < 1.29 is 9.47 Å². The number of hydrogen-bond acceptors (Lipinski definition) is 4. The van der Waals surface area contributed by atoms with E-state index in [9.17, 15) is 0 Å². The van der Waals surface area contributed by atoms with Gasteiger partial charge in [-0.3, -0.25) is 0 Å². The minimum absolute atomic E-state index is 0.229. The summed E-state index contributed by atoms with van der Waals surface area (Å²) >= 11 is 25.6. The summed E-state index contributed by atoms with van der Waals surface area (Å²) in [5.41, 5.74) is 4.96. The number of ether oxygens (including phenoxy) is 2. The van der Waals surface area contributed by atoms with Crippen molar-refractivity contribution in [2.24, 2.45) is 0 Å². The number of hydrogen-bond donors (Lipinski definition) is 0. The van der Waals surface area contributed by atoms with E-state index in [4.69, 9.17) is 55.9 Å². The fourth-order valence-corrected chi connectivity index (χ4v) is 25.5. The molecule has 0 unspecified atom stereocenters. The summed E-state index contributed by atoms with van der Waals surface area (Å²) in [5.74, 6) is 2.33. The van der Waals surface area contributed by atoms with Crippen molar-refractivity contribution in [1.82, 2.24) is 9.80 Å². The summed E-state index contributed by atoms with van der Waals surface area (Å²) in [7, 11) is 4.28. The van der Waals surface area contributed by atoms with Crippen LogP contribution in [0.15, 0.2) is 150 Å². The van der Waals surface area contributed by atoms with E-state index in [1.54, 1.807) is 3.58 Å². The molecule has 6 aromatic rings. The fraction of sp³-hybridized carbons (Fsp3) is 0.379. The third-order valence-electron chi connectivity index (χ3n) is 12.9.